The average molecular weight is 217 g/mol. The summed E-state index contributed by atoms with van der Waals surface area (Å²) in [6.07, 6.45) is 6.14. The fraction of sp³-hybridized carbons (Fsp3) is 0.500. The van der Waals surface area contributed by atoms with Crippen LogP contribution in [0.1, 0.15) is 36.8 Å². The molecule has 1 aromatic carbocycles. The number of amides is 1. The van der Waals surface area contributed by atoms with E-state index in [-0.39, 0.29) is 5.91 Å². The van der Waals surface area contributed by atoms with E-state index in [1.54, 1.807) is 0 Å². The summed E-state index contributed by atoms with van der Waals surface area (Å²) in [6, 6.07) is 8.71. The molecule has 0 aliphatic carbocycles. The minimum atomic E-state index is 0.184. The van der Waals surface area contributed by atoms with Gasteiger partial charge in [0.25, 0.3) is 0 Å². The molecular weight excluding hydrogens is 198 g/mol. The van der Waals surface area contributed by atoms with Crippen molar-refractivity contribution in [2.75, 3.05) is 6.54 Å². The van der Waals surface area contributed by atoms with Gasteiger partial charge in [-0.15, -0.1) is 0 Å². The van der Waals surface area contributed by atoms with Gasteiger partial charge in [0.1, 0.15) is 0 Å². The SMILES string of the molecule is O=C1CCc2ccc(cc2)CCCCCN1. The molecule has 2 bridgehead atoms. The van der Waals surface area contributed by atoms with Gasteiger partial charge in [0, 0.05) is 13.0 Å². The second kappa shape index (κ2) is 5.69. The van der Waals surface area contributed by atoms with Crippen LogP contribution in [0.5, 0.6) is 0 Å². The first kappa shape index (κ1) is 11.2. The van der Waals surface area contributed by atoms with Crippen LogP contribution in [0, 0.1) is 0 Å². The number of benzene rings is 1. The zero-order valence-corrected chi connectivity index (χ0v) is 9.67. The Kier molecular flexibility index (Phi) is 3.97. The van der Waals surface area contributed by atoms with Gasteiger partial charge in [-0.05, 0) is 36.8 Å². The first-order valence-electron chi connectivity index (χ1n) is 6.19. The van der Waals surface area contributed by atoms with E-state index >= 15 is 0 Å². The highest BCUT2D eigenvalue weighted by molar-refractivity contribution is 5.76. The Morgan fingerprint density at radius 1 is 0.812 bits per heavy atom. The van der Waals surface area contributed by atoms with Gasteiger partial charge in [-0.25, -0.2) is 0 Å². The van der Waals surface area contributed by atoms with Gasteiger partial charge in [-0.1, -0.05) is 30.7 Å². The van der Waals surface area contributed by atoms with E-state index in [1.807, 2.05) is 0 Å². The number of carbonyl (C=O) groups excluding carboxylic acids is 1. The lowest BCUT2D eigenvalue weighted by Crippen LogP contribution is -2.24. The Labute approximate surface area is 97.1 Å². The van der Waals surface area contributed by atoms with E-state index in [2.05, 4.69) is 29.6 Å². The molecule has 16 heavy (non-hydrogen) atoms. The van der Waals surface area contributed by atoms with Crippen molar-refractivity contribution in [1.29, 1.82) is 0 Å². The fourth-order valence-corrected chi connectivity index (χ4v) is 2.08. The molecule has 0 radical (unpaired) electrons. The minimum absolute atomic E-state index is 0.184. The Morgan fingerprint density at radius 2 is 1.50 bits per heavy atom. The molecule has 0 atom stereocenters. The number of aryl methyl sites for hydroxylation is 2. The Hall–Kier alpha value is -1.31. The molecule has 1 N–H and O–H groups in total. The Bertz CT molecular complexity index is 342. The molecule has 3 rings (SSSR count). The molecule has 0 unspecified atom stereocenters. The van der Waals surface area contributed by atoms with Crippen molar-refractivity contribution in [2.24, 2.45) is 0 Å². The average Bonchev–Trinajstić information content (AvgIpc) is 2.34. The lowest BCUT2D eigenvalue weighted by Gasteiger charge is -2.03. The maximum Gasteiger partial charge on any atom is 0.220 e. The molecule has 2 heteroatoms. The third-order valence-corrected chi connectivity index (χ3v) is 3.13. The summed E-state index contributed by atoms with van der Waals surface area (Å²) in [7, 11) is 0. The molecular formula is C14H19NO. The van der Waals surface area contributed by atoms with E-state index in [4.69, 9.17) is 0 Å². The third kappa shape index (κ3) is 3.37. The molecule has 0 saturated carbocycles. The summed E-state index contributed by atoms with van der Waals surface area (Å²) < 4.78 is 0. The molecule has 0 fully saturated rings. The van der Waals surface area contributed by atoms with Crippen molar-refractivity contribution in [3.63, 3.8) is 0 Å². The van der Waals surface area contributed by atoms with Gasteiger partial charge in [0.15, 0.2) is 0 Å². The normalized spacial score (nSPS) is 18.1. The molecule has 1 aromatic rings. The van der Waals surface area contributed by atoms with Crippen LogP contribution in [0.2, 0.25) is 0 Å². The number of fused-ring (bicyclic) bond motifs is 10. The predicted molar refractivity (Wildman–Crippen MR) is 65.3 cm³/mol. The van der Waals surface area contributed by atoms with Crippen molar-refractivity contribution in [3.05, 3.63) is 35.4 Å². The van der Waals surface area contributed by atoms with Gasteiger partial charge in [-0.3, -0.25) is 4.79 Å². The monoisotopic (exact) mass is 217 g/mol. The van der Waals surface area contributed by atoms with Crippen LogP contribution < -0.4 is 5.32 Å². The zero-order valence-electron chi connectivity index (χ0n) is 9.67. The summed E-state index contributed by atoms with van der Waals surface area (Å²) in [4.78, 5) is 11.5. The summed E-state index contributed by atoms with van der Waals surface area (Å²) in [5.41, 5.74) is 2.68. The largest absolute Gasteiger partial charge is 0.356 e. The molecule has 2 aliphatic rings. The van der Waals surface area contributed by atoms with E-state index in [9.17, 15) is 4.79 Å². The van der Waals surface area contributed by atoms with E-state index in [0.29, 0.717) is 6.42 Å². The molecule has 0 saturated heterocycles. The van der Waals surface area contributed by atoms with Crippen molar-refractivity contribution in [1.82, 2.24) is 5.32 Å². The van der Waals surface area contributed by atoms with Crippen LogP contribution in [-0.4, -0.2) is 12.5 Å². The van der Waals surface area contributed by atoms with Crippen LogP contribution in [0.25, 0.3) is 0 Å². The summed E-state index contributed by atoms with van der Waals surface area (Å²) in [6.45, 7) is 0.838. The van der Waals surface area contributed by atoms with Crippen LogP contribution >= 0.6 is 0 Å². The van der Waals surface area contributed by atoms with Crippen LogP contribution in [0.15, 0.2) is 24.3 Å². The molecule has 86 valence electrons. The molecule has 0 aromatic heterocycles. The van der Waals surface area contributed by atoms with Gasteiger partial charge in [0.05, 0.1) is 0 Å². The third-order valence-electron chi connectivity index (χ3n) is 3.13. The van der Waals surface area contributed by atoms with Gasteiger partial charge >= 0.3 is 0 Å². The van der Waals surface area contributed by atoms with Crippen LogP contribution in [0.4, 0.5) is 0 Å². The second-order valence-electron chi connectivity index (χ2n) is 4.48. The number of nitrogens with one attached hydrogen (secondary N) is 1. The molecule has 2 nitrogen and oxygen atoms in total. The maximum absolute atomic E-state index is 11.5. The van der Waals surface area contributed by atoms with E-state index in [0.717, 1.165) is 25.8 Å². The highest BCUT2D eigenvalue weighted by atomic mass is 16.1. The van der Waals surface area contributed by atoms with Crippen LogP contribution in [-0.2, 0) is 17.6 Å². The Morgan fingerprint density at radius 3 is 2.25 bits per heavy atom. The van der Waals surface area contributed by atoms with E-state index < -0.39 is 0 Å². The lowest BCUT2D eigenvalue weighted by atomic mass is 10.0. The summed E-state index contributed by atoms with van der Waals surface area (Å²) in [5, 5.41) is 2.97. The van der Waals surface area contributed by atoms with Crippen molar-refractivity contribution >= 4 is 5.91 Å². The first-order valence-corrected chi connectivity index (χ1v) is 6.19. The lowest BCUT2D eigenvalue weighted by molar-refractivity contribution is -0.121. The number of hydrogen-bond acceptors (Lipinski definition) is 1. The molecule has 2 aliphatic heterocycles. The second-order valence-corrected chi connectivity index (χ2v) is 4.48. The van der Waals surface area contributed by atoms with Gasteiger partial charge < -0.3 is 5.32 Å². The summed E-state index contributed by atoms with van der Waals surface area (Å²) in [5.74, 6) is 0.184. The van der Waals surface area contributed by atoms with Crippen molar-refractivity contribution in [3.8, 4) is 0 Å². The smallest absolute Gasteiger partial charge is 0.220 e. The standard InChI is InChI=1S/C14H19NO/c16-14-10-9-13-7-5-12(6-8-13)4-2-1-3-11-15-14/h5-8H,1-4,9-11H2,(H,15,16). The maximum atomic E-state index is 11.5. The van der Waals surface area contributed by atoms with E-state index in [1.165, 1.54) is 24.0 Å². The quantitative estimate of drug-likeness (QED) is 0.710. The van der Waals surface area contributed by atoms with Crippen molar-refractivity contribution < 1.29 is 4.79 Å². The fourth-order valence-electron chi connectivity index (χ4n) is 2.08. The topological polar surface area (TPSA) is 29.1 Å². The Balaban J connectivity index is 2.03. The first-order chi connectivity index (χ1) is 7.84. The highest BCUT2D eigenvalue weighted by Gasteiger charge is 2.03. The molecule has 0 spiro atoms. The highest BCUT2D eigenvalue weighted by Crippen LogP contribution is 2.11. The zero-order chi connectivity index (χ0) is 11.2. The number of rotatable bonds is 0. The van der Waals surface area contributed by atoms with Crippen LogP contribution in [0.3, 0.4) is 0 Å². The number of hydrogen-bond donors (Lipinski definition) is 1. The molecule has 2 heterocycles. The van der Waals surface area contributed by atoms with Gasteiger partial charge in [0.2, 0.25) is 5.91 Å². The minimum Gasteiger partial charge on any atom is -0.356 e. The predicted octanol–water partition coefficient (Wildman–Crippen LogP) is 2.46. The summed E-state index contributed by atoms with van der Waals surface area (Å²) >= 11 is 0. The van der Waals surface area contributed by atoms with Gasteiger partial charge in [-0.2, -0.15) is 0 Å². The van der Waals surface area contributed by atoms with Crippen molar-refractivity contribution in [2.45, 2.75) is 38.5 Å². The number of carbonyl (C=O) groups is 1. The molecule has 1 amide bonds.